The Bertz CT molecular complexity index is 726. The lowest BCUT2D eigenvalue weighted by Gasteiger charge is -2.37. The van der Waals surface area contributed by atoms with E-state index in [4.69, 9.17) is 0 Å². The SMILES string of the molecule is CC1(N2CCN([S+]([O-])c3ccc(F)c4ccccc34)CC2)CC1. The highest BCUT2D eigenvalue weighted by atomic mass is 32.2. The molecule has 0 N–H and O–H groups in total. The Kier molecular flexibility index (Phi) is 3.84. The van der Waals surface area contributed by atoms with Crippen molar-refractivity contribution in [3.63, 3.8) is 0 Å². The zero-order valence-corrected chi connectivity index (χ0v) is 14.1. The van der Waals surface area contributed by atoms with E-state index in [1.807, 2.05) is 22.5 Å². The molecule has 1 saturated heterocycles. The first-order chi connectivity index (χ1) is 11.1. The molecular formula is C18H21FN2OS. The van der Waals surface area contributed by atoms with E-state index in [2.05, 4.69) is 11.8 Å². The van der Waals surface area contributed by atoms with Crippen LogP contribution in [0.3, 0.4) is 0 Å². The molecule has 2 aliphatic rings. The van der Waals surface area contributed by atoms with Crippen molar-refractivity contribution in [1.29, 1.82) is 0 Å². The van der Waals surface area contributed by atoms with Crippen molar-refractivity contribution in [2.45, 2.75) is 30.2 Å². The lowest BCUT2D eigenvalue weighted by molar-refractivity contribution is 0.132. The van der Waals surface area contributed by atoms with Gasteiger partial charge in [-0.05, 0) is 38.0 Å². The van der Waals surface area contributed by atoms with Crippen molar-refractivity contribution >= 4 is 22.1 Å². The van der Waals surface area contributed by atoms with Crippen molar-refractivity contribution < 1.29 is 8.94 Å². The average Bonchev–Trinajstić information content (AvgIpc) is 3.34. The van der Waals surface area contributed by atoms with E-state index in [1.165, 1.54) is 18.9 Å². The van der Waals surface area contributed by atoms with Crippen LogP contribution in [-0.2, 0) is 11.4 Å². The Labute approximate surface area is 139 Å². The standard InChI is InChI=1S/C18H21FN2OS/c1-18(8-9-18)20-10-12-21(13-11-20)23(22)17-7-6-16(19)14-4-2-3-5-15(14)17/h2-7H,8-13H2,1H3. The molecule has 1 aliphatic heterocycles. The molecule has 1 aliphatic carbocycles. The number of fused-ring (bicyclic) bond motifs is 1. The van der Waals surface area contributed by atoms with Gasteiger partial charge in [-0.1, -0.05) is 18.2 Å². The molecule has 0 radical (unpaired) electrons. The van der Waals surface area contributed by atoms with Crippen LogP contribution in [0.5, 0.6) is 0 Å². The number of halogens is 1. The summed E-state index contributed by atoms with van der Waals surface area (Å²) < 4.78 is 29.0. The topological polar surface area (TPSA) is 29.5 Å². The minimum Gasteiger partial charge on any atom is -0.593 e. The van der Waals surface area contributed by atoms with E-state index < -0.39 is 11.4 Å². The quantitative estimate of drug-likeness (QED) is 0.809. The lowest BCUT2D eigenvalue weighted by Crippen LogP contribution is -2.52. The van der Waals surface area contributed by atoms with E-state index >= 15 is 0 Å². The van der Waals surface area contributed by atoms with Gasteiger partial charge in [0.15, 0.2) is 4.90 Å². The van der Waals surface area contributed by atoms with Crippen molar-refractivity contribution in [3.05, 3.63) is 42.2 Å². The first-order valence-corrected chi connectivity index (χ1v) is 9.28. The van der Waals surface area contributed by atoms with Gasteiger partial charge in [-0.2, -0.15) is 0 Å². The van der Waals surface area contributed by atoms with E-state index in [0.29, 0.717) is 15.8 Å². The van der Waals surface area contributed by atoms with Crippen molar-refractivity contribution in [2.75, 3.05) is 26.2 Å². The molecule has 0 bridgehead atoms. The van der Waals surface area contributed by atoms with Gasteiger partial charge in [-0.15, -0.1) is 4.31 Å². The summed E-state index contributed by atoms with van der Waals surface area (Å²) in [6, 6.07) is 10.4. The Morgan fingerprint density at radius 2 is 1.65 bits per heavy atom. The molecule has 1 atom stereocenters. The summed E-state index contributed by atoms with van der Waals surface area (Å²) in [7, 11) is 0. The maximum Gasteiger partial charge on any atom is 0.182 e. The van der Waals surface area contributed by atoms with Gasteiger partial charge in [0.2, 0.25) is 0 Å². The number of piperazine rings is 1. The normalized spacial score (nSPS) is 23.1. The van der Waals surface area contributed by atoms with Crippen LogP contribution in [-0.4, -0.2) is 45.5 Å². The minimum atomic E-state index is -1.23. The first-order valence-electron chi connectivity index (χ1n) is 8.18. The summed E-state index contributed by atoms with van der Waals surface area (Å²) in [6.45, 7) is 5.83. The third-order valence-corrected chi connectivity index (χ3v) is 6.80. The lowest BCUT2D eigenvalue weighted by atomic mass is 10.1. The largest absolute Gasteiger partial charge is 0.593 e. The highest BCUT2D eigenvalue weighted by Crippen LogP contribution is 2.41. The second-order valence-corrected chi connectivity index (χ2v) is 8.21. The Balaban J connectivity index is 1.56. The Hall–Kier alpha value is -1.14. The molecule has 23 heavy (non-hydrogen) atoms. The van der Waals surface area contributed by atoms with Crippen LogP contribution in [0.15, 0.2) is 41.3 Å². The predicted molar refractivity (Wildman–Crippen MR) is 91.1 cm³/mol. The number of hydrogen-bond donors (Lipinski definition) is 0. The highest BCUT2D eigenvalue weighted by molar-refractivity contribution is 7.89. The summed E-state index contributed by atoms with van der Waals surface area (Å²) >= 11 is -1.23. The molecule has 0 aromatic heterocycles. The summed E-state index contributed by atoms with van der Waals surface area (Å²) in [6.07, 6.45) is 2.55. The fourth-order valence-electron chi connectivity index (χ4n) is 3.42. The highest BCUT2D eigenvalue weighted by Gasteiger charge is 2.45. The zero-order chi connectivity index (χ0) is 16.0. The molecule has 1 saturated carbocycles. The van der Waals surface area contributed by atoms with Crippen LogP contribution < -0.4 is 0 Å². The van der Waals surface area contributed by atoms with Gasteiger partial charge in [-0.25, -0.2) is 4.39 Å². The summed E-state index contributed by atoms with van der Waals surface area (Å²) in [5, 5.41) is 1.30. The molecule has 3 nitrogen and oxygen atoms in total. The number of rotatable bonds is 3. The number of nitrogens with zero attached hydrogens (tertiary/aromatic N) is 2. The van der Waals surface area contributed by atoms with Crippen LogP contribution >= 0.6 is 0 Å². The van der Waals surface area contributed by atoms with Crippen LogP contribution in [0.4, 0.5) is 4.39 Å². The van der Waals surface area contributed by atoms with Gasteiger partial charge in [0.1, 0.15) is 5.82 Å². The monoisotopic (exact) mass is 332 g/mol. The molecule has 5 heteroatoms. The summed E-state index contributed by atoms with van der Waals surface area (Å²) in [5.74, 6) is -0.257. The number of hydrogen-bond acceptors (Lipinski definition) is 3. The van der Waals surface area contributed by atoms with Gasteiger partial charge in [0.05, 0.1) is 24.5 Å². The first kappa shape index (κ1) is 15.4. The third kappa shape index (κ3) is 2.76. The van der Waals surface area contributed by atoms with Crippen LogP contribution in [0.25, 0.3) is 10.8 Å². The van der Waals surface area contributed by atoms with Crippen molar-refractivity contribution in [1.82, 2.24) is 9.21 Å². The maximum atomic E-state index is 13.9. The van der Waals surface area contributed by atoms with Crippen molar-refractivity contribution in [2.24, 2.45) is 0 Å². The molecule has 4 rings (SSSR count). The molecule has 2 aromatic rings. The fourth-order valence-corrected chi connectivity index (χ4v) is 4.74. The molecule has 0 amide bonds. The predicted octanol–water partition coefficient (Wildman–Crippen LogP) is 3.17. The third-order valence-electron chi connectivity index (χ3n) is 5.23. The molecule has 1 unspecified atom stereocenters. The molecule has 1 heterocycles. The maximum absolute atomic E-state index is 13.9. The van der Waals surface area contributed by atoms with Crippen molar-refractivity contribution in [3.8, 4) is 0 Å². The van der Waals surface area contributed by atoms with Gasteiger partial charge in [0, 0.05) is 29.4 Å². The van der Waals surface area contributed by atoms with E-state index in [-0.39, 0.29) is 5.82 Å². The molecular weight excluding hydrogens is 311 g/mol. The fraction of sp³-hybridized carbons (Fsp3) is 0.444. The minimum absolute atomic E-state index is 0.257. The van der Waals surface area contributed by atoms with E-state index in [0.717, 1.165) is 31.6 Å². The average molecular weight is 332 g/mol. The van der Waals surface area contributed by atoms with E-state index in [9.17, 15) is 8.94 Å². The van der Waals surface area contributed by atoms with Gasteiger partial charge >= 0.3 is 0 Å². The second-order valence-electron chi connectivity index (χ2n) is 6.75. The summed E-state index contributed by atoms with van der Waals surface area (Å²) in [4.78, 5) is 3.23. The smallest absolute Gasteiger partial charge is 0.182 e. The molecule has 2 aromatic carbocycles. The van der Waals surface area contributed by atoms with Gasteiger partial charge in [0.25, 0.3) is 0 Å². The second kappa shape index (κ2) is 5.74. The van der Waals surface area contributed by atoms with Gasteiger partial charge < -0.3 is 4.55 Å². The Morgan fingerprint density at radius 3 is 2.30 bits per heavy atom. The summed E-state index contributed by atoms with van der Waals surface area (Å²) in [5.41, 5.74) is 0.385. The molecule has 0 spiro atoms. The van der Waals surface area contributed by atoms with Crippen LogP contribution in [0.2, 0.25) is 0 Å². The number of benzene rings is 2. The Morgan fingerprint density at radius 1 is 1.00 bits per heavy atom. The molecule has 122 valence electrons. The van der Waals surface area contributed by atoms with Crippen LogP contribution in [0.1, 0.15) is 19.8 Å². The zero-order valence-electron chi connectivity index (χ0n) is 13.3. The van der Waals surface area contributed by atoms with Crippen LogP contribution in [0, 0.1) is 5.82 Å². The van der Waals surface area contributed by atoms with E-state index in [1.54, 1.807) is 12.1 Å². The van der Waals surface area contributed by atoms with Gasteiger partial charge in [-0.3, -0.25) is 4.90 Å². The molecule has 2 fully saturated rings.